The number of hydrogen-bond donors (Lipinski definition) is 2. The van der Waals surface area contributed by atoms with Gasteiger partial charge >= 0.3 is 0 Å². The first-order chi connectivity index (χ1) is 14.2. The summed E-state index contributed by atoms with van der Waals surface area (Å²) in [5.74, 6) is -0.194. The predicted octanol–water partition coefficient (Wildman–Crippen LogP) is 0.712. The van der Waals surface area contributed by atoms with E-state index in [1.165, 1.54) is 28.6 Å². The number of carbonyl (C=O) groups excluding carboxylic acids is 1. The second-order valence-corrected chi connectivity index (χ2v) is 9.17. The van der Waals surface area contributed by atoms with Gasteiger partial charge in [0.1, 0.15) is 5.82 Å². The zero-order valence-corrected chi connectivity index (χ0v) is 18.4. The monoisotopic (exact) mass is 443 g/mol. The molecule has 0 radical (unpaired) electrons. The highest BCUT2D eigenvalue weighted by molar-refractivity contribution is 7.89. The van der Waals surface area contributed by atoms with Crippen molar-refractivity contribution in [3.8, 4) is 0 Å². The van der Waals surface area contributed by atoms with Crippen molar-refractivity contribution in [2.24, 2.45) is 4.99 Å². The van der Waals surface area contributed by atoms with Crippen LogP contribution in [0.25, 0.3) is 0 Å². The molecule has 0 atom stereocenters. The maximum absolute atomic E-state index is 12.9. The number of ether oxygens (including phenoxy) is 1. The van der Waals surface area contributed by atoms with Crippen LogP contribution in [-0.4, -0.2) is 87.7 Å². The summed E-state index contributed by atoms with van der Waals surface area (Å²) in [5.41, 5.74) is 0.499. The Balaban J connectivity index is 1.79. The van der Waals surface area contributed by atoms with E-state index in [1.54, 1.807) is 7.05 Å². The van der Waals surface area contributed by atoms with Gasteiger partial charge in [-0.2, -0.15) is 4.31 Å². The molecule has 30 heavy (non-hydrogen) atoms. The highest BCUT2D eigenvalue weighted by Crippen LogP contribution is 2.10. The first-order valence-corrected chi connectivity index (χ1v) is 11.4. The highest BCUT2D eigenvalue weighted by Gasteiger charge is 2.28. The van der Waals surface area contributed by atoms with Gasteiger partial charge < -0.3 is 20.3 Å². The Morgan fingerprint density at radius 1 is 1.20 bits per heavy atom. The van der Waals surface area contributed by atoms with E-state index in [9.17, 15) is 17.6 Å². The molecular weight excluding hydrogens is 413 g/mol. The van der Waals surface area contributed by atoms with Gasteiger partial charge in [0.2, 0.25) is 15.9 Å². The smallest absolute Gasteiger partial charge is 0.243 e. The molecule has 1 fully saturated rings. The molecule has 1 aromatic rings. The predicted molar refractivity (Wildman–Crippen MR) is 114 cm³/mol. The van der Waals surface area contributed by atoms with E-state index in [4.69, 9.17) is 4.74 Å². The Morgan fingerprint density at radius 2 is 1.83 bits per heavy atom. The van der Waals surface area contributed by atoms with Crippen LogP contribution >= 0.6 is 0 Å². The van der Waals surface area contributed by atoms with Crippen molar-refractivity contribution in [3.63, 3.8) is 0 Å². The molecule has 2 N–H and O–H groups in total. The maximum atomic E-state index is 12.9. The van der Waals surface area contributed by atoms with Gasteiger partial charge in [0.15, 0.2) is 5.96 Å². The van der Waals surface area contributed by atoms with Crippen LogP contribution < -0.4 is 10.6 Å². The van der Waals surface area contributed by atoms with Crippen molar-refractivity contribution >= 4 is 27.6 Å². The third kappa shape index (κ3) is 7.54. The van der Waals surface area contributed by atoms with Crippen molar-refractivity contribution in [3.05, 3.63) is 30.1 Å². The van der Waals surface area contributed by atoms with E-state index in [0.717, 1.165) is 0 Å². The summed E-state index contributed by atoms with van der Waals surface area (Å²) >= 11 is 0. The van der Waals surface area contributed by atoms with Crippen LogP contribution in [0, 0.1) is 5.82 Å². The SMILES string of the molecule is CN=C(NCC(=O)Nc1ccc(F)cc1)N1CCN(S(=O)(=O)CCOC(C)C)CC1. The van der Waals surface area contributed by atoms with E-state index in [2.05, 4.69) is 15.6 Å². The molecule has 0 bridgehead atoms. The number of anilines is 1. The Hall–Kier alpha value is -2.24. The van der Waals surface area contributed by atoms with Gasteiger partial charge in [-0.25, -0.2) is 12.8 Å². The van der Waals surface area contributed by atoms with Gasteiger partial charge in [-0.1, -0.05) is 0 Å². The zero-order chi connectivity index (χ0) is 22.1. The second kappa shape index (κ2) is 11.2. The quantitative estimate of drug-likeness (QED) is 0.453. The van der Waals surface area contributed by atoms with Crippen LogP contribution in [0.2, 0.25) is 0 Å². The summed E-state index contributed by atoms with van der Waals surface area (Å²) in [6.07, 6.45) is -0.00768. The lowest BCUT2D eigenvalue weighted by atomic mass is 10.3. The summed E-state index contributed by atoms with van der Waals surface area (Å²) in [6.45, 7) is 5.49. The van der Waals surface area contributed by atoms with Crippen LogP contribution in [0.5, 0.6) is 0 Å². The summed E-state index contributed by atoms with van der Waals surface area (Å²) < 4.78 is 44.6. The third-order valence-electron chi connectivity index (χ3n) is 4.47. The lowest BCUT2D eigenvalue weighted by Gasteiger charge is -2.35. The molecular formula is C19H30FN5O4S. The largest absolute Gasteiger partial charge is 0.378 e. The van der Waals surface area contributed by atoms with E-state index >= 15 is 0 Å². The number of amides is 1. The minimum Gasteiger partial charge on any atom is -0.378 e. The fourth-order valence-corrected chi connectivity index (χ4v) is 4.21. The van der Waals surface area contributed by atoms with E-state index in [1.807, 2.05) is 18.7 Å². The van der Waals surface area contributed by atoms with Gasteiger partial charge in [0.25, 0.3) is 0 Å². The van der Waals surface area contributed by atoms with Gasteiger partial charge in [-0.15, -0.1) is 0 Å². The number of sulfonamides is 1. The van der Waals surface area contributed by atoms with Gasteiger partial charge in [0, 0.05) is 38.9 Å². The third-order valence-corrected chi connectivity index (χ3v) is 6.31. The van der Waals surface area contributed by atoms with E-state index < -0.39 is 10.0 Å². The first-order valence-electron chi connectivity index (χ1n) is 9.81. The van der Waals surface area contributed by atoms with Crippen LogP contribution in [0.15, 0.2) is 29.3 Å². The van der Waals surface area contributed by atoms with Crippen LogP contribution in [0.4, 0.5) is 10.1 Å². The molecule has 0 aromatic heterocycles. The van der Waals surface area contributed by atoms with Crippen LogP contribution in [-0.2, 0) is 19.6 Å². The Kier molecular flexibility index (Phi) is 9.00. The molecule has 0 aliphatic carbocycles. The van der Waals surface area contributed by atoms with Crippen LogP contribution in [0.3, 0.4) is 0 Å². The van der Waals surface area contributed by atoms with Gasteiger partial charge in [0.05, 0.1) is 25.0 Å². The molecule has 1 saturated heterocycles. The molecule has 9 nitrogen and oxygen atoms in total. The van der Waals surface area contributed by atoms with Gasteiger partial charge in [-0.3, -0.25) is 9.79 Å². The number of guanidine groups is 1. The maximum Gasteiger partial charge on any atom is 0.243 e. The minimum absolute atomic E-state index is 0.00768. The van der Waals surface area contributed by atoms with Crippen molar-refractivity contribution in [2.45, 2.75) is 20.0 Å². The minimum atomic E-state index is -3.37. The molecule has 11 heteroatoms. The fourth-order valence-electron chi connectivity index (χ4n) is 2.93. The normalized spacial score (nSPS) is 16.0. The molecule has 1 aromatic carbocycles. The second-order valence-electron chi connectivity index (χ2n) is 7.08. The Labute approximate surface area is 177 Å². The standard InChI is InChI=1S/C19H30FN5O4S/c1-15(2)29-12-13-30(27,28)25-10-8-24(9-11-25)19(21-3)22-14-18(26)23-17-6-4-16(20)5-7-17/h4-7,15H,8-14H2,1-3H3,(H,21,22)(H,23,26). The fraction of sp³-hybridized carbons (Fsp3) is 0.579. The number of carbonyl (C=O) groups is 1. The van der Waals surface area contributed by atoms with Gasteiger partial charge in [-0.05, 0) is 38.1 Å². The summed E-state index contributed by atoms with van der Waals surface area (Å²) in [5, 5.41) is 5.64. The number of aliphatic imine (C=N–C) groups is 1. The van der Waals surface area contributed by atoms with E-state index in [-0.39, 0.29) is 36.7 Å². The molecule has 1 heterocycles. The number of piperazine rings is 1. The Bertz CT molecular complexity index is 822. The number of rotatable bonds is 8. The number of halogens is 1. The Morgan fingerprint density at radius 3 is 2.40 bits per heavy atom. The topological polar surface area (TPSA) is 103 Å². The average Bonchev–Trinajstić information content (AvgIpc) is 2.70. The molecule has 0 unspecified atom stereocenters. The summed E-state index contributed by atoms with van der Waals surface area (Å²) in [6, 6.07) is 5.50. The zero-order valence-electron chi connectivity index (χ0n) is 17.6. The molecule has 1 aliphatic rings. The number of benzene rings is 1. The van der Waals surface area contributed by atoms with E-state index in [0.29, 0.717) is 37.8 Å². The van der Waals surface area contributed by atoms with Crippen LogP contribution in [0.1, 0.15) is 13.8 Å². The highest BCUT2D eigenvalue weighted by atomic mass is 32.2. The van der Waals surface area contributed by atoms with Crippen molar-refractivity contribution in [1.82, 2.24) is 14.5 Å². The lowest BCUT2D eigenvalue weighted by molar-refractivity contribution is -0.115. The number of hydrogen-bond acceptors (Lipinski definition) is 5. The molecule has 0 spiro atoms. The molecule has 168 valence electrons. The van der Waals surface area contributed by atoms with Crippen molar-refractivity contribution < 1.29 is 22.3 Å². The molecule has 0 saturated carbocycles. The molecule has 2 rings (SSSR count). The molecule has 1 amide bonds. The van der Waals surface area contributed by atoms with Crippen molar-refractivity contribution in [1.29, 1.82) is 0 Å². The number of nitrogens with one attached hydrogen (secondary N) is 2. The molecule has 1 aliphatic heterocycles. The average molecular weight is 444 g/mol. The number of nitrogens with zero attached hydrogens (tertiary/aromatic N) is 3. The lowest BCUT2D eigenvalue weighted by Crippen LogP contribution is -2.54. The van der Waals surface area contributed by atoms with Crippen molar-refractivity contribution in [2.75, 3.05) is 57.4 Å². The summed E-state index contributed by atoms with van der Waals surface area (Å²) in [7, 11) is -1.76. The summed E-state index contributed by atoms with van der Waals surface area (Å²) in [4.78, 5) is 18.2. The first kappa shape index (κ1) is 24.0.